The van der Waals surface area contributed by atoms with Gasteiger partial charge in [-0.2, -0.15) is 0 Å². The van der Waals surface area contributed by atoms with Crippen molar-refractivity contribution in [3.05, 3.63) is 28.5 Å². The SMILES string of the molecule is CC(C)(C)C(=O)Cc1ncccc1Br. The van der Waals surface area contributed by atoms with Gasteiger partial charge >= 0.3 is 0 Å². The summed E-state index contributed by atoms with van der Waals surface area (Å²) in [5.74, 6) is 0.205. The van der Waals surface area contributed by atoms with E-state index in [9.17, 15) is 4.79 Å². The van der Waals surface area contributed by atoms with Crippen LogP contribution in [0.15, 0.2) is 22.8 Å². The van der Waals surface area contributed by atoms with Crippen LogP contribution in [-0.4, -0.2) is 10.8 Å². The summed E-state index contributed by atoms with van der Waals surface area (Å²) in [4.78, 5) is 15.9. The predicted molar refractivity (Wildman–Crippen MR) is 60.1 cm³/mol. The second kappa shape index (κ2) is 4.22. The number of rotatable bonds is 2. The Morgan fingerprint density at radius 1 is 1.50 bits per heavy atom. The van der Waals surface area contributed by atoms with Crippen LogP contribution >= 0.6 is 15.9 Å². The third-order valence-electron chi connectivity index (χ3n) is 2.00. The first-order valence-corrected chi connectivity index (χ1v) is 5.33. The molecular formula is C11H14BrNO. The van der Waals surface area contributed by atoms with Gasteiger partial charge in [0.05, 0.1) is 12.1 Å². The van der Waals surface area contributed by atoms with Crippen LogP contribution in [0.1, 0.15) is 26.5 Å². The van der Waals surface area contributed by atoms with Crippen LogP contribution in [0.25, 0.3) is 0 Å². The highest BCUT2D eigenvalue weighted by Gasteiger charge is 2.22. The second-order valence-electron chi connectivity index (χ2n) is 4.28. The molecule has 14 heavy (non-hydrogen) atoms. The van der Waals surface area contributed by atoms with Crippen molar-refractivity contribution in [2.75, 3.05) is 0 Å². The summed E-state index contributed by atoms with van der Waals surface area (Å²) in [6, 6.07) is 3.74. The summed E-state index contributed by atoms with van der Waals surface area (Å²) in [7, 11) is 0. The third-order valence-corrected chi connectivity index (χ3v) is 2.72. The quantitative estimate of drug-likeness (QED) is 0.814. The van der Waals surface area contributed by atoms with Crippen LogP contribution < -0.4 is 0 Å². The van der Waals surface area contributed by atoms with Crippen molar-refractivity contribution in [1.29, 1.82) is 0 Å². The predicted octanol–water partition coefficient (Wildman–Crippen LogP) is 3.00. The van der Waals surface area contributed by atoms with E-state index in [-0.39, 0.29) is 11.2 Å². The lowest BCUT2D eigenvalue weighted by Crippen LogP contribution is -2.22. The van der Waals surface area contributed by atoms with Gasteiger partial charge in [-0.15, -0.1) is 0 Å². The number of carbonyl (C=O) groups excluding carboxylic acids is 1. The molecule has 0 saturated carbocycles. The van der Waals surface area contributed by atoms with Gasteiger partial charge in [0.2, 0.25) is 0 Å². The number of carbonyl (C=O) groups is 1. The fraction of sp³-hybridized carbons (Fsp3) is 0.455. The molecule has 0 amide bonds. The maximum Gasteiger partial charge on any atom is 0.144 e. The summed E-state index contributed by atoms with van der Waals surface area (Å²) in [5.41, 5.74) is 0.518. The molecule has 0 aliphatic carbocycles. The van der Waals surface area contributed by atoms with Crippen LogP contribution in [0.2, 0.25) is 0 Å². The Bertz CT molecular complexity index is 341. The highest BCUT2D eigenvalue weighted by molar-refractivity contribution is 9.10. The molecule has 3 heteroatoms. The second-order valence-corrected chi connectivity index (χ2v) is 5.14. The van der Waals surface area contributed by atoms with Gasteiger partial charge in [-0.3, -0.25) is 9.78 Å². The van der Waals surface area contributed by atoms with E-state index in [0.717, 1.165) is 10.2 Å². The van der Waals surface area contributed by atoms with E-state index >= 15 is 0 Å². The van der Waals surface area contributed by atoms with Gasteiger partial charge in [0.1, 0.15) is 5.78 Å². The third kappa shape index (κ3) is 2.91. The number of Topliss-reactive ketones (excluding diaryl/α,β-unsaturated/α-hetero) is 1. The lowest BCUT2D eigenvalue weighted by Gasteiger charge is -2.16. The lowest BCUT2D eigenvalue weighted by molar-refractivity contribution is -0.125. The average molecular weight is 256 g/mol. The van der Waals surface area contributed by atoms with Crippen LogP contribution in [0.3, 0.4) is 0 Å². The Kier molecular flexibility index (Phi) is 3.43. The Morgan fingerprint density at radius 2 is 2.14 bits per heavy atom. The van der Waals surface area contributed by atoms with Gasteiger partial charge < -0.3 is 0 Å². The number of halogens is 1. The van der Waals surface area contributed by atoms with Crippen molar-refractivity contribution in [1.82, 2.24) is 4.98 Å². The Labute approximate surface area is 92.9 Å². The molecule has 0 saturated heterocycles. The first-order valence-electron chi connectivity index (χ1n) is 4.54. The van der Waals surface area contributed by atoms with Crippen molar-refractivity contribution in [2.24, 2.45) is 5.41 Å². The molecule has 1 aromatic heterocycles. The van der Waals surface area contributed by atoms with Crippen molar-refractivity contribution in [3.63, 3.8) is 0 Å². The van der Waals surface area contributed by atoms with Crippen LogP contribution in [0, 0.1) is 5.41 Å². The minimum atomic E-state index is -0.295. The lowest BCUT2D eigenvalue weighted by atomic mass is 9.88. The Balaban J connectivity index is 2.80. The number of hydrogen-bond donors (Lipinski definition) is 0. The number of ketones is 1. The maximum atomic E-state index is 11.7. The molecule has 0 bridgehead atoms. The molecule has 0 spiro atoms. The molecule has 1 aromatic rings. The molecule has 0 radical (unpaired) electrons. The van der Waals surface area contributed by atoms with E-state index < -0.39 is 0 Å². The molecule has 76 valence electrons. The molecule has 0 aliphatic heterocycles. The molecule has 0 unspecified atom stereocenters. The van der Waals surface area contributed by atoms with E-state index in [2.05, 4.69) is 20.9 Å². The highest BCUT2D eigenvalue weighted by atomic mass is 79.9. The summed E-state index contributed by atoms with van der Waals surface area (Å²) >= 11 is 3.38. The zero-order valence-corrected chi connectivity index (χ0v) is 10.3. The summed E-state index contributed by atoms with van der Waals surface area (Å²) in [6.07, 6.45) is 2.10. The first-order chi connectivity index (χ1) is 6.41. The van der Waals surface area contributed by atoms with Crippen molar-refractivity contribution < 1.29 is 4.79 Å². The number of aromatic nitrogens is 1. The number of nitrogens with zero attached hydrogens (tertiary/aromatic N) is 1. The fourth-order valence-electron chi connectivity index (χ4n) is 0.966. The molecule has 1 heterocycles. The molecule has 0 atom stereocenters. The Morgan fingerprint density at radius 3 is 2.64 bits per heavy atom. The molecule has 0 aliphatic rings. The summed E-state index contributed by atoms with van der Waals surface area (Å²) < 4.78 is 0.901. The zero-order valence-electron chi connectivity index (χ0n) is 8.67. The molecule has 2 nitrogen and oxygen atoms in total. The van der Waals surface area contributed by atoms with Crippen LogP contribution in [0.5, 0.6) is 0 Å². The van der Waals surface area contributed by atoms with Gasteiger partial charge in [-0.1, -0.05) is 20.8 Å². The monoisotopic (exact) mass is 255 g/mol. The molecule has 0 fully saturated rings. The molecule has 0 N–H and O–H groups in total. The van der Waals surface area contributed by atoms with Gasteiger partial charge in [-0.25, -0.2) is 0 Å². The average Bonchev–Trinajstić information content (AvgIpc) is 2.07. The molecular weight excluding hydrogens is 242 g/mol. The molecule has 1 rings (SSSR count). The van der Waals surface area contributed by atoms with Crippen LogP contribution in [-0.2, 0) is 11.2 Å². The first kappa shape index (κ1) is 11.4. The van der Waals surface area contributed by atoms with Crippen molar-refractivity contribution >= 4 is 21.7 Å². The van der Waals surface area contributed by atoms with E-state index in [1.54, 1.807) is 6.20 Å². The van der Waals surface area contributed by atoms with E-state index in [0.29, 0.717) is 6.42 Å². The fourth-order valence-corrected chi connectivity index (χ4v) is 1.36. The summed E-state index contributed by atoms with van der Waals surface area (Å²) in [6.45, 7) is 5.77. The normalized spacial score (nSPS) is 11.4. The van der Waals surface area contributed by atoms with E-state index in [1.807, 2.05) is 32.9 Å². The number of hydrogen-bond acceptors (Lipinski definition) is 2. The van der Waals surface area contributed by atoms with Gasteiger partial charge in [-0.05, 0) is 28.1 Å². The van der Waals surface area contributed by atoms with Crippen molar-refractivity contribution in [3.8, 4) is 0 Å². The zero-order chi connectivity index (χ0) is 10.8. The van der Waals surface area contributed by atoms with E-state index in [1.165, 1.54) is 0 Å². The standard InChI is InChI=1S/C11H14BrNO/c1-11(2,3)10(14)7-9-8(12)5-4-6-13-9/h4-6H,7H2,1-3H3. The largest absolute Gasteiger partial charge is 0.299 e. The van der Waals surface area contributed by atoms with Gasteiger partial charge in [0, 0.05) is 16.1 Å². The Hall–Kier alpha value is -0.700. The van der Waals surface area contributed by atoms with Crippen molar-refractivity contribution in [2.45, 2.75) is 27.2 Å². The minimum Gasteiger partial charge on any atom is -0.299 e. The maximum absolute atomic E-state index is 11.7. The smallest absolute Gasteiger partial charge is 0.144 e. The van der Waals surface area contributed by atoms with E-state index in [4.69, 9.17) is 0 Å². The topological polar surface area (TPSA) is 30.0 Å². The minimum absolute atomic E-state index is 0.205. The number of pyridine rings is 1. The highest BCUT2D eigenvalue weighted by Crippen LogP contribution is 2.20. The summed E-state index contributed by atoms with van der Waals surface area (Å²) in [5, 5.41) is 0. The van der Waals surface area contributed by atoms with Gasteiger partial charge in [0.15, 0.2) is 0 Å². The van der Waals surface area contributed by atoms with Gasteiger partial charge in [0.25, 0.3) is 0 Å². The molecule has 0 aromatic carbocycles. The van der Waals surface area contributed by atoms with Crippen LogP contribution in [0.4, 0.5) is 0 Å².